The van der Waals surface area contributed by atoms with Crippen LogP contribution in [0.3, 0.4) is 0 Å². The fraction of sp³-hybridized carbons (Fsp3) is 0.368. The lowest BCUT2D eigenvalue weighted by Crippen LogP contribution is -2.41. The molecular formula is C19H24N2O4. The van der Waals surface area contributed by atoms with Crippen molar-refractivity contribution in [3.63, 3.8) is 0 Å². The molecule has 0 fully saturated rings. The third-order valence-electron chi connectivity index (χ3n) is 4.01. The molecule has 0 aliphatic heterocycles. The maximum absolute atomic E-state index is 12.4. The smallest absolute Gasteiger partial charge is 0.251 e. The predicted octanol–water partition coefficient (Wildman–Crippen LogP) is 2.30. The van der Waals surface area contributed by atoms with Crippen LogP contribution in [0.4, 0.5) is 0 Å². The number of nitrogens with zero attached hydrogens (tertiary/aromatic N) is 1. The molecule has 0 saturated heterocycles. The number of nitrogens with one attached hydrogen (secondary N) is 1. The highest BCUT2D eigenvalue weighted by Crippen LogP contribution is 2.10. The van der Waals surface area contributed by atoms with Gasteiger partial charge in [-0.05, 0) is 49.2 Å². The molecule has 1 heterocycles. The van der Waals surface area contributed by atoms with Gasteiger partial charge in [-0.25, -0.2) is 0 Å². The van der Waals surface area contributed by atoms with Gasteiger partial charge in [0, 0.05) is 19.2 Å². The van der Waals surface area contributed by atoms with E-state index in [0.717, 1.165) is 11.1 Å². The number of benzene rings is 1. The number of aryl methyl sites for hydroxylation is 2. The predicted molar refractivity (Wildman–Crippen MR) is 94.3 cm³/mol. The summed E-state index contributed by atoms with van der Waals surface area (Å²) in [5.74, 6) is 0.233. The highest BCUT2D eigenvalue weighted by Gasteiger charge is 2.16. The summed E-state index contributed by atoms with van der Waals surface area (Å²) in [5, 5.41) is 2.68. The van der Waals surface area contributed by atoms with E-state index >= 15 is 0 Å². The van der Waals surface area contributed by atoms with Gasteiger partial charge in [0.05, 0.1) is 26.0 Å². The van der Waals surface area contributed by atoms with Crippen molar-refractivity contribution in [2.75, 3.05) is 26.8 Å². The maximum atomic E-state index is 12.4. The number of methoxy groups -OCH3 is 1. The van der Waals surface area contributed by atoms with E-state index in [9.17, 15) is 9.59 Å². The van der Waals surface area contributed by atoms with Crippen molar-refractivity contribution in [3.8, 4) is 0 Å². The first kappa shape index (κ1) is 18.7. The molecule has 0 aliphatic rings. The van der Waals surface area contributed by atoms with Gasteiger partial charge >= 0.3 is 0 Å². The number of rotatable bonds is 8. The summed E-state index contributed by atoms with van der Waals surface area (Å²) >= 11 is 0. The van der Waals surface area contributed by atoms with Gasteiger partial charge in [0.1, 0.15) is 5.76 Å². The molecule has 0 bridgehead atoms. The zero-order valence-electron chi connectivity index (χ0n) is 14.9. The van der Waals surface area contributed by atoms with Crippen LogP contribution >= 0.6 is 0 Å². The molecule has 0 spiro atoms. The van der Waals surface area contributed by atoms with E-state index < -0.39 is 0 Å². The summed E-state index contributed by atoms with van der Waals surface area (Å²) in [6.45, 7) is 5.05. The molecular weight excluding hydrogens is 320 g/mol. The zero-order chi connectivity index (χ0) is 18.2. The Morgan fingerprint density at radius 2 is 2.00 bits per heavy atom. The summed E-state index contributed by atoms with van der Waals surface area (Å²) in [5.41, 5.74) is 2.71. The molecule has 1 N–H and O–H groups in total. The Morgan fingerprint density at radius 1 is 1.20 bits per heavy atom. The molecule has 25 heavy (non-hydrogen) atoms. The SMILES string of the molecule is COCCN(Cc1ccco1)C(=O)CNC(=O)c1ccc(C)c(C)c1. The number of hydrogen-bond donors (Lipinski definition) is 1. The number of hydrogen-bond acceptors (Lipinski definition) is 4. The quantitative estimate of drug-likeness (QED) is 0.798. The zero-order valence-corrected chi connectivity index (χ0v) is 14.9. The van der Waals surface area contributed by atoms with Crippen LogP contribution in [0.25, 0.3) is 0 Å². The average Bonchev–Trinajstić information content (AvgIpc) is 3.11. The van der Waals surface area contributed by atoms with E-state index in [1.807, 2.05) is 26.0 Å². The van der Waals surface area contributed by atoms with Crippen LogP contribution in [-0.2, 0) is 16.1 Å². The van der Waals surface area contributed by atoms with Crippen LogP contribution in [0.5, 0.6) is 0 Å². The first-order chi connectivity index (χ1) is 12.0. The van der Waals surface area contributed by atoms with Gasteiger partial charge < -0.3 is 19.4 Å². The highest BCUT2D eigenvalue weighted by molar-refractivity contribution is 5.96. The Kier molecular flexibility index (Phi) is 6.77. The second-order valence-electron chi connectivity index (χ2n) is 5.87. The number of furan rings is 1. The summed E-state index contributed by atoms with van der Waals surface area (Å²) in [7, 11) is 1.58. The van der Waals surface area contributed by atoms with Crippen molar-refractivity contribution < 1.29 is 18.7 Å². The standard InChI is InChI=1S/C19H24N2O4/c1-14-6-7-16(11-15(14)2)19(23)20-12-18(22)21(8-10-24-3)13-17-5-4-9-25-17/h4-7,9,11H,8,10,12-13H2,1-3H3,(H,20,23). The lowest BCUT2D eigenvalue weighted by atomic mass is 10.1. The topological polar surface area (TPSA) is 71.8 Å². The van der Waals surface area contributed by atoms with Gasteiger partial charge in [0.15, 0.2) is 0 Å². The second kappa shape index (κ2) is 9.03. The van der Waals surface area contributed by atoms with Gasteiger partial charge in [0.25, 0.3) is 5.91 Å². The minimum atomic E-state index is -0.263. The van der Waals surface area contributed by atoms with E-state index in [-0.39, 0.29) is 18.4 Å². The van der Waals surface area contributed by atoms with Crippen molar-refractivity contribution >= 4 is 11.8 Å². The summed E-state index contributed by atoms with van der Waals surface area (Å²) in [4.78, 5) is 26.3. The highest BCUT2D eigenvalue weighted by atomic mass is 16.5. The van der Waals surface area contributed by atoms with E-state index in [0.29, 0.717) is 31.0 Å². The van der Waals surface area contributed by atoms with E-state index in [2.05, 4.69) is 5.32 Å². The third-order valence-corrected chi connectivity index (χ3v) is 4.01. The molecule has 1 aromatic carbocycles. The molecule has 0 radical (unpaired) electrons. The van der Waals surface area contributed by atoms with Gasteiger partial charge in [-0.3, -0.25) is 9.59 Å². The number of carbonyl (C=O) groups is 2. The van der Waals surface area contributed by atoms with Crippen LogP contribution in [0.1, 0.15) is 27.2 Å². The van der Waals surface area contributed by atoms with Crippen molar-refractivity contribution in [1.29, 1.82) is 0 Å². The van der Waals surface area contributed by atoms with Crippen molar-refractivity contribution in [2.45, 2.75) is 20.4 Å². The van der Waals surface area contributed by atoms with Gasteiger partial charge in [0.2, 0.25) is 5.91 Å². The Balaban J connectivity index is 1.94. The lowest BCUT2D eigenvalue weighted by molar-refractivity contribution is -0.131. The van der Waals surface area contributed by atoms with Crippen molar-refractivity contribution in [3.05, 3.63) is 59.0 Å². The third kappa shape index (κ3) is 5.46. The minimum absolute atomic E-state index is 0.0732. The fourth-order valence-electron chi connectivity index (χ4n) is 2.34. The van der Waals surface area contributed by atoms with E-state index in [1.165, 1.54) is 0 Å². The summed E-state index contributed by atoms with van der Waals surface area (Å²) < 4.78 is 10.3. The Hall–Kier alpha value is -2.60. The second-order valence-corrected chi connectivity index (χ2v) is 5.87. The normalized spacial score (nSPS) is 10.5. The first-order valence-corrected chi connectivity index (χ1v) is 8.16. The van der Waals surface area contributed by atoms with Crippen LogP contribution < -0.4 is 5.32 Å². The van der Waals surface area contributed by atoms with Gasteiger partial charge in [-0.1, -0.05) is 6.07 Å². The molecule has 0 saturated carbocycles. The maximum Gasteiger partial charge on any atom is 0.251 e. The van der Waals surface area contributed by atoms with Crippen molar-refractivity contribution in [2.24, 2.45) is 0 Å². The molecule has 2 rings (SSSR count). The summed E-state index contributed by atoms with van der Waals surface area (Å²) in [6, 6.07) is 9.05. The van der Waals surface area contributed by atoms with Gasteiger partial charge in [-0.15, -0.1) is 0 Å². The Labute approximate surface area is 147 Å². The molecule has 6 heteroatoms. The monoisotopic (exact) mass is 344 g/mol. The molecule has 1 aromatic heterocycles. The van der Waals surface area contributed by atoms with E-state index in [4.69, 9.17) is 9.15 Å². The summed E-state index contributed by atoms with van der Waals surface area (Å²) in [6.07, 6.45) is 1.57. The first-order valence-electron chi connectivity index (χ1n) is 8.16. The molecule has 2 amide bonds. The van der Waals surface area contributed by atoms with Gasteiger partial charge in [-0.2, -0.15) is 0 Å². The van der Waals surface area contributed by atoms with Crippen molar-refractivity contribution in [1.82, 2.24) is 10.2 Å². The molecule has 2 aromatic rings. The molecule has 0 aliphatic carbocycles. The largest absolute Gasteiger partial charge is 0.467 e. The average molecular weight is 344 g/mol. The molecule has 0 unspecified atom stereocenters. The molecule has 0 atom stereocenters. The minimum Gasteiger partial charge on any atom is -0.467 e. The Bertz CT molecular complexity index is 710. The Morgan fingerprint density at radius 3 is 2.64 bits per heavy atom. The number of ether oxygens (including phenoxy) is 1. The van der Waals surface area contributed by atoms with Crippen LogP contribution in [0, 0.1) is 13.8 Å². The fourth-order valence-corrected chi connectivity index (χ4v) is 2.34. The molecule has 134 valence electrons. The number of carbonyl (C=O) groups excluding carboxylic acids is 2. The van der Waals surface area contributed by atoms with Crippen LogP contribution in [-0.4, -0.2) is 43.5 Å². The van der Waals surface area contributed by atoms with Crippen LogP contribution in [0.15, 0.2) is 41.0 Å². The lowest BCUT2D eigenvalue weighted by Gasteiger charge is -2.21. The van der Waals surface area contributed by atoms with Crippen LogP contribution in [0.2, 0.25) is 0 Å². The van der Waals surface area contributed by atoms with E-state index in [1.54, 1.807) is 36.5 Å². The number of amides is 2. The molecule has 6 nitrogen and oxygen atoms in total.